The Bertz CT molecular complexity index is 542. The zero-order valence-corrected chi connectivity index (χ0v) is 26.8. The zero-order chi connectivity index (χ0) is 31.3. The van der Waals surface area contributed by atoms with Crippen LogP contribution < -0.4 is 0 Å². The fourth-order valence-electron chi connectivity index (χ4n) is 3.40. The van der Waals surface area contributed by atoms with Gasteiger partial charge in [-0.1, -0.05) is 26.7 Å². The van der Waals surface area contributed by atoms with E-state index in [0.717, 1.165) is 25.7 Å². The summed E-state index contributed by atoms with van der Waals surface area (Å²) in [6.07, 6.45) is 3.83. The molecule has 0 rings (SSSR count). The second kappa shape index (κ2) is 37.2. The summed E-state index contributed by atoms with van der Waals surface area (Å²) in [7, 11) is 0. The largest absolute Gasteiger partial charge is 0.463 e. The molecule has 1 atom stereocenters. The summed E-state index contributed by atoms with van der Waals surface area (Å²) < 4.78 is 59.3. The van der Waals surface area contributed by atoms with Crippen LogP contribution in [0, 0.1) is 5.92 Å². The van der Waals surface area contributed by atoms with Crippen LogP contribution in [0.25, 0.3) is 0 Å². The molecule has 0 aromatic rings. The van der Waals surface area contributed by atoms with Crippen molar-refractivity contribution in [3.63, 3.8) is 0 Å². The van der Waals surface area contributed by atoms with E-state index >= 15 is 0 Å². The molecule has 0 spiro atoms. The van der Waals surface area contributed by atoms with Gasteiger partial charge in [-0.15, -0.1) is 0 Å². The number of unbranched alkanes of at least 4 members (excludes halogenated alkanes) is 1. The van der Waals surface area contributed by atoms with E-state index in [1.165, 1.54) is 0 Å². The van der Waals surface area contributed by atoms with Crippen LogP contribution in [0.5, 0.6) is 0 Å². The van der Waals surface area contributed by atoms with E-state index in [9.17, 15) is 4.79 Å². The van der Waals surface area contributed by atoms with Gasteiger partial charge in [-0.2, -0.15) is 0 Å². The quantitative estimate of drug-likeness (QED) is 0.0792. The highest BCUT2D eigenvalue weighted by Gasteiger charge is 2.16. The maximum Gasteiger partial charge on any atom is 0.308 e. The highest BCUT2D eigenvalue weighted by Crippen LogP contribution is 2.14. The van der Waals surface area contributed by atoms with Crippen LogP contribution in [-0.4, -0.2) is 156 Å². The molecule has 0 saturated carbocycles. The Balaban J connectivity index is 3.14. The van der Waals surface area contributed by atoms with Crippen LogP contribution in [0.4, 0.5) is 0 Å². The molecule has 0 aromatic heterocycles. The molecule has 0 aliphatic heterocycles. The summed E-state index contributed by atoms with van der Waals surface area (Å²) >= 11 is 0. The molecule has 0 aliphatic rings. The van der Waals surface area contributed by atoms with Crippen molar-refractivity contribution in [3.05, 3.63) is 0 Å². The molecule has 43 heavy (non-hydrogen) atoms. The Kier molecular flexibility index (Phi) is 36.4. The van der Waals surface area contributed by atoms with Crippen molar-refractivity contribution in [2.24, 2.45) is 5.92 Å². The maximum atomic E-state index is 12.0. The third kappa shape index (κ3) is 33.8. The number of hydrogen-bond donors (Lipinski definition) is 1. The predicted molar refractivity (Wildman–Crippen MR) is 160 cm³/mol. The number of aliphatic hydroxyl groups excluding tert-OH is 1. The van der Waals surface area contributed by atoms with Gasteiger partial charge >= 0.3 is 5.97 Å². The monoisotopic (exact) mass is 628 g/mol. The molecule has 0 heterocycles. The van der Waals surface area contributed by atoms with Crippen molar-refractivity contribution in [3.8, 4) is 0 Å². The van der Waals surface area contributed by atoms with Crippen LogP contribution >= 0.6 is 0 Å². The van der Waals surface area contributed by atoms with E-state index in [-0.39, 0.29) is 25.1 Å². The third-order valence-electron chi connectivity index (χ3n) is 5.79. The van der Waals surface area contributed by atoms with Crippen LogP contribution in [0.15, 0.2) is 0 Å². The first-order chi connectivity index (χ1) is 21.3. The van der Waals surface area contributed by atoms with Gasteiger partial charge in [0.05, 0.1) is 145 Å². The summed E-state index contributed by atoms with van der Waals surface area (Å²) in [6.45, 7) is 14.0. The number of carbonyl (C=O) groups excluding carboxylic acids is 1. The first-order valence-electron chi connectivity index (χ1n) is 15.8. The molecule has 1 N–H and O–H groups in total. The van der Waals surface area contributed by atoms with Gasteiger partial charge in [-0.3, -0.25) is 4.79 Å². The van der Waals surface area contributed by atoms with Gasteiger partial charge in [0.1, 0.15) is 6.61 Å². The van der Waals surface area contributed by atoms with E-state index in [1.807, 2.05) is 6.92 Å². The number of aliphatic hydroxyl groups is 1. The lowest BCUT2D eigenvalue weighted by molar-refractivity contribution is -0.150. The SMILES string of the molecule is CCCCC(CC)C(=O)OCCOCCOCCOCCOCCOCCOCCOCCOCCOCCOCCO. The molecule has 258 valence electrons. The lowest BCUT2D eigenvalue weighted by Gasteiger charge is -2.13. The summed E-state index contributed by atoms with van der Waals surface area (Å²) in [5.74, 6) is -0.125. The summed E-state index contributed by atoms with van der Waals surface area (Å²) in [5, 5.41) is 8.57. The lowest BCUT2D eigenvalue weighted by atomic mass is 10.00. The Morgan fingerprint density at radius 3 is 1.00 bits per heavy atom. The molecule has 0 bridgehead atoms. The van der Waals surface area contributed by atoms with E-state index in [0.29, 0.717) is 132 Å². The smallest absolute Gasteiger partial charge is 0.308 e. The molecule has 0 amide bonds. The Morgan fingerprint density at radius 1 is 0.465 bits per heavy atom. The van der Waals surface area contributed by atoms with Crippen molar-refractivity contribution in [1.82, 2.24) is 0 Å². The first kappa shape index (κ1) is 42.0. The van der Waals surface area contributed by atoms with Gasteiger partial charge in [-0.05, 0) is 12.8 Å². The van der Waals surface area contributed by atoms with Crippen LogP contribution in [0.3, 0.4) is 0 Å². The molecule has 0 fully saturated rings. The molecular formula is C30H60O13. The number of hydrogen-bond acceptors (Lipinski definition) is 13. The van der Waals surface area contributed by atoms with Crippen molar-refractivity contribution in [2.75, 3.05) is 145 Å². The Hall–Kier alpha value is -0.970. The molecule has 13 nitrogen and oxygen atoms in total. The van der Waals surface area contributed by atoms with Gasteiger partial charge in [0, 0.05) is 0 Å². The molecule has 13 heteroatoms. The van der Waals surface area contributed by atoms with Gasteiger partial charge in [-0.25, -0.2) is 0 Å². The summed E-state index contributed by atoms with van der Waals surface area (Å²) in [6, 6.07) is 0. The standard InChI is InChI=1S/C30H60O13/c1-3-5-6-29(4-2)30(32)43-28-27-42-26-25-41-24-23-40-22-21-39-20-19-38-18-17-37-16-15-36-14-13-35-12-11-34-10-9-33-8-7-31/h29,31H,3-28H2,1-2H3. The van der Waals surface area contributed by atoms with Crippen molar-refractivity contribution in [2.45, 2.75) is 39.5 Å². The van der Waals surface area contributed by atoms with Gasteiger partial charge in [0.15, 0.2) is 0 Å². The lowest BCUT2D eigenvalue weighted by Crippen LogP contribution is -2.20. The van der Waals surface area contributed by atoms with E-state index < -0.39 is 0 Å². The fraction of sp³-hybridized carbons (Fsp3) is 0.967. The minimum Gasteiger partial charge on any atom is -0.463 e. The minimum atomic E-state index is -0.121. The van der Waals surface area contributed by atoms with Gasteiger partial charge in [0.2, 0.25) is 0 Å². The first-order valence-corrected chi connectivity index (χ1v) is 15.8. The third-order valence-corrected chi connectivity index (χ3v) is 5.79. The van der Waals surface area contributed by atoms with E-state index in [4.69, 9.17) is 57.2 Å². The van der Waals surface area contributed by atoms with E-state index in [1.54, 1.807) is 0 Å². The van der Waals surface area contributed by atoms with Crippen LogP contribution in [0.2, 0.25) is 0 Å². The van der Waals surface area contributed by atoms with E-state index in [2.05, 4.69) is 6.92 Å². The van der Waals surface area contributed by atoms with Crippen LogP contribution in [-0.2, 0) is 56.9 Å². The zero-order valence-electron chi connectivity index (χ0n) is 26.8. The topological polar surface area (TPSA) is 139 Å². The average molecular weight is 629 g/mol. The number of ether oxygens (including phenoxy) is 11. The highest BCUT2D eigenvalue weighted by molar-refractivity contribution is 5.72. The molecular weight excluding hydrogens is 568 g/mol. The average Bonchev–Trinajstić information content (AvgIpc) is 3.02. The predicted octanol–water partition coefficient (Wildman–Crippen LogP) is 1.90. The van der Waals surface area contributed by atoms with Crippen molar-refractivity contribution in [1.29, 1.82) is 0 Å². The molecule has 1 unspecified atom stereocenters. The second-order valence-corrected chi connectivity index (χ2v) is 9.26. The highest BCUT2D eigenvalue weighted by atomic mass is 16.6. The second-order valence-electron chi connectivity index (χ2n) is 9.26. The number of esters is 1. The minimum absolute atomic E-state index is 0.00360. The Morgan fingerprint density at radius 2 is 0.744 bits per heavy atom. The molecule has 0 radical (unpaired) electrons. The Labute approximate surface area is 259 Å². The van der Waals surface area contributed by atoms with Gasteiger partial charge < -0.3 is 57.2 Å². The van der Waals surface area contributed by atoms with Crippen LogP contribution in [0.1, 0.15) is 39.5 Å². The van der Waals surface area contributed by atoms with Crippen molar-refractivity contribution < 1.29 is 62.0 Å². The molecule has 0 aliphatic carbocycles. The fourth-order valence-corrected chi connectivity index (χ4v) is 3.40. The summed E-state index contributed by atoms with van der Waals surface area (Å²) in [5.41, 5.74) is 0. The normalized spacial score (nSPS) is 12.2. The molecule has 0 saturated heterocycles. The summed E-state index contributed by atoms with van der Waals surface area (Å²) in [4.78, 5) is 12.0. The van der Waals surface area contributed by atoms with Gasteiger partial charge in [0.25, 0.3) is 0 Å². The van der Waals surface area contributed by atoms with Crippen molar-refractivity contribution >= 4 is 5.97 Å². The number of rotatable bonds is 37. The number of carbonyl (C=O) groups is 1. The molecule has 0 aromatic carbocycles. The maximum absolute atomic E-state index is 12.0.